The first-order chi connectivity index (χ1) is 8.51. The zero-order chi connectivity index (χ0) is 14.0. The van der Waals surface area contributed by atoms with E-state index >= 15 is 0 Å². The molecule has 0 rings (SSSR count). The minimum absolute atomic E-state index is 0.0403. The van der Waals surface area contributed by atoms with Crippen LogP contribution in [0.4, 0.5) is 0 Å². The highest BCUT2D eigenvalue weighted by Gasteiger charge is 2.17. The molecule has 0 saturated heterocycles. The van der Waals surface area contributed by atoms with Crippen LogP contribution >= 0.6 is 0 Å². The van der Waals surface area contributed by atoms with Gasteiger partial charge in [0.25, 0.3) is 0 Å². The van der Waals surface area contributed by atoms with Gasteiger partial charge in [-0.1, -0.05) is 13.3 Å². The van der Waals surface area contributed by atoms with Gasteiger partial charge in [0.2, 0.25) is 5.91 Å². The molecule has 0 heterocycles. The SMILES string of the molecule is CCCCNC(=O)CN(CC(=O)OCC)C(C)C. The van der Waals surface area contributed by atoms with E-state index in [1.807, 2.05) is 13.8 Å². The van der Waals surface area contributed by atoms with Crippen LogP contribution in [-0.4, -0.2) is 49.1 Å². The zero-order valence-electron chi connectivity index (χ0n) is 12.0. The Morgan fingerprint density at radius 1 is 1.22 bits per heavy atom. The molecule has 0 aromatic heterocycles. The lowest BCUT2D eigenvalue weighted by Gasteiger charge is -2.24. The molecule has 1 N–H and O–H groups in total. The Morgan fingerprint density at radius 2 is 1.89 bits per heavy atom. The Bertz CT molecular complexity index is 255. The number of nitrogens with zero attached hydrogens (tertiary/aromatic N) is 1. The van der Waals surface area contributed by atoms with Gasteiger partial charge in [-0.3, -0.25) is 14.5 Å². The van der Waals surface area contributed by atoms with Gasteiger partial charge in [-0.2, -0.15) is 0 Å². The molecule has 0 atom stereocenters. The predicted molar refractivity (Wildman–Crippen MR) is 71.3 cm³/mol. The molecule has 0 aromatic rings. The summed E-state index contributed by atoms with van der Waals surface area (Å²) in [6, 6.07) is 0.131. The molecular formula is C13H26N2O3. The van der Waals surface area contributed by atoms with Crippen LogP contribution in [0.15, 0.2) is 0 Å². The van der Waals surface area contributed by atoms with Crippen molar-refractivity contribution < 1.29 is 14.3 Å². The average molecular weight is 258 g/mol. The van der Waals surface area contributed by atoms with Gasteiger partial charge in [0, 0.05) is 12.6 Å². The van der Waals surface area contributed by atoms with E-state index in [2.05, 4.69) is 12.2 Å². The van der Waals surface area contributed by atoms with Crippen molar-refractivity contribution in [1.29, 1.82) is 0 Å². The fourth-order valence-electron chi connectivity index (χ4n) is 1.44. The topological polar surface area (TPSA) is 58.6 Å². The lowest BCUT2D eigenvalue weighted by molar-refractivity contribution is -0.145. The van der Waals surface area contributed by atoms with Gasteiger partial charge in [-0.15, -0.1) is 0 Å². The third kappa shape index (κ3) is 8.06. The highest BCUT2D eigenvalue weighted by molar-refractivity contribution is 5.79. The molecule has 18 heavy (non-hydrogen) atoms. The summed E-state index contributed by atoms with van der Waals surface area (Å²) in [4.78, 5) is 24.9. The first kappa shape index (κ1) is 16.9. The second kappa shape index (κ2) is 9.88. The second-order valence-corrected chi connectivity index (χ2v) is 4.51. The summed E-state index contributed by atoms with van der Waals surface area (Å²) in [5.74, 6) is -0.325. The molecule has 0 spiro atoms. The summed E-state index contributed by atoms with van der Waals surface area (Å²) in [7, 11) is 0. The van der Waals surface area contributed by atoms with Gasteiger partial charge in [0.05, 0.1) is 19.7 Å². The number of unbranched alkanes of at least 4 members (excludes halogenated alkanes) is 1. The van der Waals surface area contributed by atoms with E-state index in [0.717, 1.165) is 12.8 Å². The fourth-order valence-corrected chi connectivity index (χ4v) is 1.44. The Balaban J connectivity index is 4.10. The number of rotatable bonds is 9. The molecule has 0 aromatic carbocycles. The predicted octanol–water partition coefficient (Wildman–Crippen LogP) is 1.18. The van der Waals surface area contributed by atoms with Gasteiger partial charge in [0.15, 0.2) is 0 Å². The van der Waals surface area contributed by atoms with E-state index in [0.29, 0.717) is 13.2 Å². The summed E-state index contributed by atoms with van der Waals surface area (Å²) in [5.41, 5.74) is 0. The first-order valence-electron chi connectivity index (χ1n) is 6.67. The summed E-state index contributed by atoms with van der Waals surface area (Å²) < 4.78 is 4.89. The van der Waals surface area contributed by atoms with E-state index in [1.165, 1.54) is 0 Å². The summed E-state index contributed by atoms with van der Waals surface area (Å²) in [6.07, 6.45) is 2.03. The van der Waals surface area contributed by atoms with Crippen LogP contribution in [0.3, 0.4) is 0 Å². The largest absolute Gasteiger partial charge is 0.465 e. The minimum atomic E-state index is -0.285. The molecule has 0 aliphatic heterocycles. The molecule has 0 fully saturated rings. The van der Waals surface area contributed by atoms with Gasteiger partial charge < -0.3 is 10.1 Å². The van der Waals surface area contributed by atoms with Crippen LogP contribution in [0, 0.1) is 0 Å². The van der Waals surface area contributed by atoms with E-state index in [4.69, 9.17) is 4.74 Å². The molecule has 0 aliphatic rings. The van der Waals surface area contributed by atoms with Crippen molar-refractivity contribution >= 4 is 11.9 Å². The maximum atomic E-state index is 11.7. The van der Waals surface area contributed by atoms with Gasteiger partial charge >= 0.3 is 5.97 Å². The van der Waals surface area contributed by atoms with E-state index < -0.39 is 0 Å². The first-order valence-corrected chi connectivity index (χ1v) is 6.67. The van der Waals surface area contributed by atoms with Gasteiger partial charge in [0.1, 0.15) is 0 Å². The molecule has 1 amide bonds. The minimum Gasteiger partial charge on any atom is -0.465 e. The van der Waals surface area contributed by atoms with E-state index in [9.17, 15) is 9.59 Å². The average Bonchev–Trinajstić information content (AvgIpc) is 2.28. The van der Waals surface area contributed by atoms with Crippen LogP contribution in [0.1, 0.15) is 40.5 Å². The van der Waals surface area contributed by atoms with Crippen LogP contribution in [0.2, 0.25) is 0 Å². The fraction of sp³-hybridized carbons (Fsp3) is 0.846. The molecule has 5 nitrogen and oxygen atoms in total. The third-order valence-electron chi connectivity index (χ3n) is 2.57. The number of hydrogen-bond donors (Lipinski definition) is 1. The van der Waals surface area contributed by atoms with Crippen molar-refractivity contribution in [2.75, 3.05) is 26.2 Å². The lowest BCUT2D eigenvalue weighted by Crippen LogP contribution is -2.43. The number of amides is 1. The number of ether oxygens (including phenoxy) is 1. The summed E-state index contributed by atoms with van der Waals surface area (Å²) >= 11 is 0. The van der Waals surface area contributed by atoms with Crippen LogP contribution in [-0.2, 0) is 14.3 Å². The quantitative estimate of drug-likeness (QED) is 0.498. The molecule has 106 valence electrons. The number of carbonyl (C=O) groups is 2. The third-order valence-corrected chi connectivity index (χ3v) is 2.57. The lowest BCUT2D eigenvalue weighted by atomic mass is 10.3. The zero-order valence-corrected chi connectivity index (χ0v) is 12.0. The number of carbonyl (C=O) groups excluding carboxylic acids is 2. The Morgan fingerprint density at radius 3 is 2.39 bits per heavy atom. The Kier molecular flexibility index (Phi) is 9.28. The highest BCUT2D eigenvalue weighted by Crippen LogP contribution is 1.98. The van der Waals surface area contributed by atoms with Gasteiger partial charge in [-0.25, -0.2) is 0 Å². The molecular weight excluding hydrogens is 232 g/mol. The number of esters is 1. The van der Waals surface area contributed by atoms with Crippen molar-refractivity contribution in [3.05, 3.63) is 0 Å². The number of nitrogens with one attached hydrogen (secondary N) is 1. The van der Waals surface area contributed by atoms with Crippen molar-refractivity contribution in [2.45, 2.75) is 46.6 Å². The molecule has 0 radical (unpaired) electrons. The van der Waals surface area contributed by atoms with Crippen LogP contribution in [0.5, 0.6) is 0 Å². The number of hydrogen-bond acceptors (Lipinski definition) is 4. The molecule has 5 heteroatoms. The van der Waals surface area contributed by atoms with Crippen molar-refractivity contribution in [1.82, 2.24) is 10.2 Å². The van der Waals surface area contributed by atoms with Crippen molar-refractivity contribution in [3.8, 4) is 0 Å². The summed E-state index contributed by atoms with van der Waals surface area (Å²) in [6.45, 7) is 9.22. The normalized spacial score (nSPS) is 10.8. The van der Waals surface area contributed by atoms with Crippen LogP contribution < -0.4 is 5.32 Å². The van der Waals surface area contributed by atoms with E-state index in [1.54, 1.807) is 11.8 Å². The van der Waals surface area contributed by atoms with Gasteiger partial charge in [-0.05, 0) is 27.2 Å². The monoisotopic (exact) mass is 258 g/mol. The molecule has 0 aliphatic carbocycles. The molecule has 0 bridgehead atoms. The van der Waals surface area contributed by atoms with E-state index in [-0.39, 0.29) is 31.0 Å². The second-order valence-electron chi connectivity index (χ2n) is 4.51. The molecule has 0 saturated carbocycles. The Hall–Kier alpha value is -1.10. The Labute approximate surface area is 110 Å². The van der Waals surface area contributed by atoms with Crippen molar-refractivity contribution in [3.63, 3.8) is 0 Å². The maximum Gasteiger partial charge on any atom is 0.320 e. The standard InChI is InChI=1S/C13H26N2O3/c1-5-7-8-14-12(16)9-15(11(3)4)10-13(17)18-6-2/h11H,5-10H2,1-4H3,(H,14,16). The van der Waals surface area contributed by atoms with Crippen LogP contribution in [0.25, 0.3) is 0 Å². The summed E-state index contributed by atoms with van der Waals surface area (Å²) in [5, 5.41) is 2.84. The van der Waals surface area contributed by atoms with Crippen molar-refractivity contribution in [2.24, 2.45) is 0 Å². The smallest absolute Gasteiger partial charge is 0.320 e. The maximum absolute atomic E-state index is 11.7. The highest BCUT2D eigenvalue weighted by atomic mass is 16.5. The molecule has 0 unspecified atom stereocenters.